The molecule has 0 bridgehead atoms. The summed E-state index contributed by atoms with van der Waals surface area (Å²) in [5, 5.41) is 0.918. The van der Waals surface area contributed by atoms with Crippen molar-refractivity contribution in [2.45, 2.75) is 11.8 Å². The van der Waals surface area contributed by atoms with Crippen LogP contribution in [0.3, 0.4) is 0 Å². The van der Waals surface area contributed by atoms with E-state index in [-0.39, 0.29) is 17.6 Å². The Balaban J connectivity index is 1.43. The van der Waals surface area contributed by atoms with Gasteiger partial charge >= 0.3 is 0 Å². The van der Waals surface area contributed by atoms with Gasteiger partial charge in [0.25, 0.3) is 0 Å². The van der Waals surface area contributed by atoms with Gasteiger partial charge in [-0.3, -0.25) is 14.5 Å². The molecule has 5 nitrogen and oxygen atoms in total. The molecule has 1 unspecified atom stereocenters. The molecule has 0 radical (unpaired) electrons. The van der Waals surface area contributed by atoms with Crippen LogP contribution in [-0.4, -0.2) is 36.2 Å². The number of amides is 1. The maximum Gasteiger partial charge on any atom is 0.232 e. The van der Waals surface area contributed by atoms with Crippen molar-refractivity contribution in [3.63, 3.8) is 0 Å². The quantitative estimate of drug-likeness (QED) is 0.434. The predicted octanol–water partition coefficient (Wildman–Crippen LogP) is 4.41. The zero-order valence-corrected chi connectivity index (χ0v) is 18.3. The second kappa shape index (κ2) is 8.68. The summed E-state index contributed by atoms with van der Waals surface area (Å²) >= 11 is 0. The van der Waals surface area contributed by atoms with Gasteiger partial charge in [0, 0.05) is 17.5 Å². The molecule has 1 atom stereocenters. The van der Waals surface area contributed by atoms with Gasteiger partial charge < -0.3 is 10.2 Å². The third kappa shape index (κ3) is 3.74. The maximum atomic E-state index is 13.2. The van der Waals surface area contributed by atoms with Crippen LogP contribution in [0.2, 0.25) is 0 Å². The average Bonchev–Trinajstić information content (AvgIpc) is 3.50. The van der Waals surface area contributed by atoms with E-state index >= 15 is 0 Å². The van der Waals surface area contributed by atoms with E-state index in [2.05, 4.69) is 4.90 Å². The van der Waals surface area contributed by atoms with Crippen LogP contribution < -0.4 is 5.73 Å². The lowest BCUT2D eigenvalue weighted by Gasteiger charge is -2.37. The Kier molecular flexibility index (Phi) is 5.56. The van der Waals surface area contributed by atoms with Gasteiger partial charge in [0.15, 0.2) is 5.78 Å². The number of fused-ring (bicyclic) bond motifs is 1. The molecule has 5 rings (SSSR count). The Bertz CT molecular complexity index is 1240. The Morgan fingerprint density at radius 3 is 2.24 bits per heavy atom. The van der Waals surface area contributed by atoms with Crippen molar-refractivity contribution in [2.75, 3.05) is 19.6 Å². The van der Waals surface area contributed by atoms with E-state index in [4.69, 9.17) is 10.2 Å². The highest BCUT2D eigenvalue weighted by atomic mass is 16.3. The summed E-state index contributed by atoms with van der Waals surface area (Å²) in [6, 6.07) is 26.9. The zero-order valence-electron chi connectivity index (χ0n) is 18.3. The Labute approximate surface area is 192 Å². The van der Waals surface area contributed by atoms with Crippen LogP contribution in [-0.2, 0) is 10.2 Å². The van der Waals surface area contributed by atoms with Crippen LogP contribution in [0.4, 0.5) is 0 Å². The molecule has 0 spiro atoms. The van der Waals surface area contributed by atoms with Crippen LogP contribution in [0.25, 0.3) is 11.0 Å². The monoisotopic (exact) mass is 438 g/mol. The number of likely N-dealkylation sites (tertiary alicyclic amines) is 1. The van der Waals surface area contributed by atoms with Crippen LogP contribution >= 0.6 is 0 Å². The molecule has 2 heterocycles. The summed E-state index contributed by atoms with van der Waals surface area (Å²) in [6.45, 7) is 1.66. The Hall–Kier alpha value is -3.70. The van der Waals surface area contributed by atoms with E-state index < -0.39 is 5.41 Å². The fourth-order valence-corrected chi connectivity index (χ4v) is 5.29. The van der Waals surface area contributed by atoms with Gasteiger partial charge in [-0.25, -0.2) is 0 Å². The minimum atomic E-state index is -0.948. The molecular weight excluding hydrogens is 412 g/mol. The van der Waals surface area contributed by atoms with Gasteiger partial charge in [0.2, 0.25) is 5.91 Å². The lowest BCUT2D eigenvalue weighted by atomic mass is 9.64. The average molecular weight is 439 g/mol. The number of nitrogens with zero attached hydrogens (tertiary/aromatic N) is 1. The van der Waals surface area contributed by atoms with Gasteiger partial charge in [-0.1, -0.05) is 60.7 Å². The van der Waals surface area contributed by atoms with Crippen LogP contribution in [0.1, 0.15) is 27.9 Å². The largest absolute Gasteiger partial charge is 0.464 e. The molecule has 0 saturated carbocycles. The predicted molar refractivity (Wildman–Crippen MR) is 128 cm³/mol. The maximum absolute atomic E-state index is 13.2. The fourth-order valence-electron chi connectivity index (χ4n) is 5.29. The van der Waals surface area contributed by atoms with E-state index in [1.165, 1.54) is 0 Å². The van der Waals surface area contributed by atoms with Crippen LogP contribution in [0.15, 0.2) is 95.6 Å². The highest BCUT2D eigenvalue weighted by Crippen LogP contribution is 2.43. The molecule has 3 aromatic carbocycles. The fraction of sp³-hybridized carbons (Fsp3) is 0.214. The molecular formula is C28H26N2O3. The molecule has 4 aromatic rings. The summed E-state index contributed by atoms with van der Waals surface area (Å²) in [5.41, 5.74) is 8.44. The van der Waals surface area contributed by atoms with E-state index in [1.807, 2.05) is 84.9 Å². The molecule has 1 aliphatic heterocycles. The molecule has 166 valence electrons. The van der Waals surface area contributed by atoms with Crippen LogP contribution in [0, 0.1) is 5.92 Å². The standard InChI is InChI=1S/C28H26N2O3/c29-27(32)28(22-7-3-1-4-8-22,23-9-5-2-6-10-23)24-13-15-30(18-24)19-25(31)20-11-12-26-21(17-20)14-16-33-26/h1-12,14,16-17,24H,13,15,18-19H2,(H2,29,32). The number of carbonyl (C=O) groups is 2. The minimum Gasteiger partial charge on any atom is -0.464 e. The first-order chi connectivity index (χ1) is 16.1. The summed E-state index contributed by atoms with van der Waals surface area (Å²) in [6.07, 6.45) is 2.40. The van der Waals surface area contributed by atoms with E-state index in [1.54, 1.807) is 6.26 Å². The summed E-state index contributed by atoms with van der Waals surface area (Å²) in [4.78, 5) is 28.4. The molecule has 33 heavy (non-hydrogen) atoms. The smallest absolute Gasteiger partial charge is 0.232 e. The van der Waals surface area contributed by atoms with E-state index in [9.17, 15) is 9.59 Å². The van der Waals surface area contributed by atoms with Gasteiger partial charge in [-0.15, -0.1) is 0 Å². The van der Waals surface area contributed by atoms with E-state index in [0.29, 0.717) is 18.7 Å². The molecule has 1 saturated heterocycles. The molecule has 1 aromatic heterocycles. The van der Waals surface area contributed by atoms with Gasteiger partial charge in [0.1, 0.15) is 11.0 Å². The number of ketones is 1. The van der Waals surface area contributed by atoms with E-state index in [0.717, 1.165) is 35.1 Å². The first-order valence-corrected chi connectivity index (χ1v) is 11.2. The number of nitrogens with two attached hydrogens (primary N) is 1. The lowest BCUT2D eigenvalue weighted by molar-refractivity contribution is -0.123. The van der Waals surface area contributed by atoms with Crippen molar-refractivity contribution in [1.82, 2.24) is 4.90 Å². The second-order valence-electron chi connectivity index (χ2n) is 8.72. The number of primary amides is 1. The van der Waals surface area contributed by atoms with Crippen molar-refractivity contribution in [3.05, 3.63) is 108 Å². The number of carbonyl (C=O) groups excluding carboxylic acids is 2. The Morgan fingerprint density at radius 2 is 1.61 bits per heavy atom. The SMILES string of the molecule is NC(=O)C(c1ccccc1)(c1ccccc1)C1CCN(CC(=O)c2ccc3occc3c2)C1. The van der Waals surface area contributed by atoms with Crippen molar-refractivity contribution in [1.29, 1.82) is 0 Å². The molecule has 5 heteroatoms. The lowest BCUT2D eigenvalue weighted by Crippen LogP contribution is -2.49. The molecule has 1 fully saturated rings. The molecule has 1 aliphatic rings. The van der Waals surface area contributed by atoms with Gasteiger partial charge in [-0.2, -0.15) is 0 Å². The third-order valence-electron chi connectivity index (χ3n) is 6.87. The molecule has 0 aliphatic carbocycles. The van der Waals surface area contributed by atoms with Crippen LogP contribution in [0.5, 0.6) is 0 Å². The number of furan rings is 1. The molecule has 2 N–H and O–H groups in total. The molecule has 1 amide bonds. The summed E-state index contributed by atoms with van der Waals surface area (Å²) in [7, 11) is 0. The number of hydrogen-bond donors (Lipinski definition) is 1. The second-order valence-corrected chi connectivity index (χ2v) is 8.72. The van der Waals surface area contributed by atoms with Gasteiger partial charge in [0.05, 0.1) is 12.8 Å². The number of Topliss-reactive ketones (excluding diaryl/α,β-unsaturated/α-hetero) is 1. The normalized spacial score (nSPS) is 16.8. The summed E-state index contributed by atoms with van der Waals surface area (Å²) < 4.78 is 5.38. The first-order valence-electron chi connectivity index (χ1n) is 11.2. The van der Waals surface area contributed by atoms with Crippen molar-refractivity contribution in [3.8, 4) is 0 Å². The number of benzene rings is 3. The highest BCUT2D eigenvalue weighted by Gasteiger charge is 2.49. The highest BCUT2D eigenvalue weighted by molar-refractivity contribution is 6.00. The Morgan fingerprint density at radius 1 is 0.939 bits per heavy atom. The van der Waals surface area contributed by atoms with Gasteiger partial charge in [-0.05, 0) is 54.3 Å². The minimum absolute atomic E-state index is 0.0380. The topological polar surface area (TPSA) is 76.5 Å². The number of rotatable bonds is 7. The first kappa shape index (κ1) is 21.2. The zero-order chi connectivity index (χ0) is 22.8. The van der Waals surface area contributed by atoms with Crippen molar-refractivity contribution >= 4 is 22.7 Å². The number of hydrogen-bond acceptors (Lipinski definition) is 4. The summed E-state index contributed by atoms with van der Waals surface area (Å²) in [5.74, 6) is -0.338. The van der Waals surface area contributed by atoms with Crippen molar-refractivity contribution < 1.29 is 14.0 Å². The van der Waals surface area contributed by atoms with Crippen molar-refractivity contribution in [2.24, 2.45) is 11.7 Å². The third-order valence-corrected chi connectivity index (χ3v) is 6.87.